The highest BCUT2D eigenvalue weighted by Gasteiger charge is 2.29. The second kappa shape index (κ2) is 6.27. The summed E-state index contributed by atoms with van der Waals surface area (Å²) in [4.78, 5) is 4.63. The van der Waals surface area contributed by atoms with Crippen LogP contribution in [-0.2, 0) is 6.42 Å². The molecule has 0 radical (unpaired) electrons. The molecule has 1 aromatic rings. The van der Waals surface area contributed by atoms with Gasteiger partial charge in [0.15, 0.2) is 0 Å². The van der Waals surface area contributed by atoms with Gasteiger partial charge in [0.2, 0.25) is 0 Å². The molecule has 0 bridgehead atoms. The Labute approximate surface area is 120 Å². The van der Waals surface area contributed by atoms with Gasteiger partial charge in [-0.3, -0.25) is 4.98 Å². The first kappa shape index (κ1) is 13.4. The minimum atomic E-state index is 0.500. The zero-order valence-corrected chi connectivity index (χ0v) is 12.6. The first-order valence-corrected chi connectivity index (χ1v) is 8.73. The number of hydrogen-bond acceptors (Lipinski definition) is 3. The van der Waals surface area contributed by atoms with Crippen molar-refractivity contribution < 1.29 is 0 Å². The number of aromatic nitrogens is 1. The van der Waals surface area contributed by atoms with Crippen LogP contribution in [0.4, 0.5) is 0 Å². The molecule has 2 nitrogen and oxygen atoms in total. The molecule has 19 heavy (non-hydrogen) atoms. The van der Waals surface area contributed by atoms with Crippen LogP contribution < -0.4 is 5.32 Å². The Morgan fingerprint density at radius 3 is 3.21 bits per heavy atom. The molecule has 3 atom stereocenters. The van der Waals surface area contributed by atoms with Gasteiger partial charge in [0.05, 0.1) is 5.69 Å². The molecule has 0 amide bonds. The van der Waals surface area contributed by atoms with Crippen LogP contribution in [-0.4, -0.2) is 22.0 Å². The Kier molecular flexibility index (Phi) is 4.44. The van der Waals surface area contributed by atoms with Gasteiger partial charge >= 0.3 is 0 Å². The highest BCUT2D eigenvalue weighted by atomic mass is 32.2. The van der Waals surface area contributed by atoms with E-state index in [0.717, 1.165) is 5.25 Å². The van der Waals surface area contributed by atoms with Gasteiger partial charge in [0.1, 0.15) is 0 Å². The fourth-order valence-corrected chi connectivity index (χ4v) is 4.68. The Hall–Kier alpha value is -0.540. The number of aryl methyl sites for hydroxylation is 1. The van der Waals surface area contributed by atoms with E-state index in [-0.39, 0.29) is 0 Å². The van der Waals surface area contributed by atoms with Gasteiger partial charge in [-0.2, -0.15) is 11.8 Å². The van der Waals surface area contributed by atoms with Crippen LogP contribution in [0, 0.1) is 0 Å². The summed E-state index contributed by atoms with van der Waals surface area (Å²) in [6.07, 6.45) is 9.79. The SMILES string of the molecule is CCSC1CCC(NC2CCCc3cccnc32)C1. The van der Waals surface area contributed by atoms with Crippen LogP contribution in [0.3, 0.4) is 0 Å². The molecule has 1 heterocycles. The van der Waals surface area contributed by atoms with E-state index >= 15 is 0 Å². The topological polar surface area (TPSA) is 24.9 Å². The summed E-state index contributed by atoms with van der Waals surface area (Å²) in [5.74, 6) is 1.26. The molecule has 2 aliphatic carbocycles. The zero-order chi connectivity index (χ0) is 13.1. The lowest BCUT2D eigenvalue weighted by atomic mass is 9.91. The number of rotatable bonds is 4. The lowest BCUT2D eigenvalue weighted by Crippen LogP contribution is -2.33. The third-order valence-electron chi connectivity index (χ3n) is 4.42. The highest BCUT2D eigenvalue weighted by molar-refractivity contribution is 7.99. The molecule has 1 saturated carbocycles. The zero-order valence-electron chi connectivity index (χ0n) is 11.8. The molecule has 1 fully saturated rings. The van der Waals surface area contributed by atoms with Gasteiger partial charge in [-0.15, -0.1) is 0 Å². The monoisotopic (exact) mass is 276 g/mol. The van der Waals surface area contributed by atoms with E-state index in [4.69, 9.17) is 0 Å². The van der Waals surface area contributed by atoms with Crippen LogP contribution in [0.5, 0.6) is 0 Å². The van der Waals surface area contributed by atoms with Gasteiger partial charge in [-0.25, -0.2) is 0 Å². The second-order valence-corrected chi connectivity index (χ2v) is 7.32. The summed E-state index contributed by atoms with van der Waals surface area (Å²) in [6, 6.07) is 5.54. The molecular formula is C16H24N2S. The van der Waals surface area contributed by atoms with Crippen molar-refractivity contribution >= 4 is 11.8 Å². The normalized spacial score (nSPS) is 30.3. The Bertz CT molecular complexity index is 421. The van der Waals surface area contributed by atoms with E-state index in [1.807, 2.05) is 6.20 Å². The minimum Gasteiger partial charge on any atom is -0.306 e. The van der Waals surface area contributed by atoms with E-state index in [1.54, 1.807) is 0 Å². The summed E-state index contributed by atoms with van der Waals surface area (Å²) in [6.45, 7) is 2.27. The van der Waals surface area contributed by atoms with E-state index in [9.17, 15) is 0 Å². The average Bonchev–Trinajstić information content (AvgIpc) is 2.87. The second-order valence-electron chi connectivity index (χ2n) is 5.75. The lowest BCUT2D eigenvalue weighted by molar-refractivity contribution is 0.390. The highest BCUT2D eigenvalue weighted by Crippen LogP contribution is 2.33. The molecule has 3 unspecified atom stereocenters. The Morgan fingerprint density at radius 2 is 2.32 bits per heavy atom. The first-order valence-electron chi connectivity index (χ1n) is 7.68. The van der Waals surface area contributed by atoms with Crippen molar-refractivity contribution in [1.29, 1.82) is 0 Å². The fourth-order valence-electron chi connectivity index (χ4n) is 3.53. The summed E-state index contributed by atoms with van der Waals surface area (Å²) >= 11 is 2.13. The maximum absolute atomic E-state index is 4.63. The minimum absolute atomic E-state index is 0.500. The molecule has 0 saturated heterocycles. The maximum atomic E-state index is 4.63. The molecule has 3 rings (SSSR count). The summed E-state index contributed by atoms with van der Waals surface area (Å²) in [5, 5.41) is 4.77. The van der Waals surface area contributed by atoms with Crippen molar-refractivity contribution in [2.24, 2.45) is 0 Å². The number of hydrogen-bond donors (Lipinski definition) is 1. The predicted octanol–water partition coefficient (Wildman–Crippen LogP) is 3.72. The van der Waals surface area contributed by atoms with Crippen LogP contribution in [0.1, 0.15) is 56.3 Å². The predicted molar refractivity (Wildman–Crippen MR) is 82.6 cm³/mol. The van der Waals surface area contributed by atoms with Crippen molar-refractivity contribution in [3.8, 4) is 0 Å². The lowest BCUT2D eigenvalue weighted by Gasteiger charge is -2.28. The van der Waals surface area contributed by atoms with Gasteiger partial charge in [-0.1, -0.05) is 13.0 Å². The molecule has 104 valence electrons. The fraction of sp³-hybridized carbons (Fsp3) is 0.688. The van der Waals surface area contributed by atoms with Gasteiger partial charge in [0, 0.05) is 23.5 Å². The molecule has 2 aliphatic rings. The van der Waals surface area contributed by atoms with Gasteiger partial charge in [-0.05, 0) is 55.9 Å². The number of nitrogens with one attached hydrogen (secondary N) is 1. The number of fused-ring (bicyclic) bond motifs is 1. The molecule has 0 spiro atoms. The van der Waals surface area contributed by atoms with E-state index in [1.165, 1.54) is 55.5 Å². The summed E-state index contributed by atoms with van der Waals surface area (Å²) in [7, 11) is 0. The molecule has 0 aliphatic heterocycles. The van der Waals surface area contributed by atoms with Crippen LogP contribution >= 0.6 is 11.8 Å². The number of nitrogens with zero attached hydrogens (tertiary/aromatic N) is 1. The van der Waals surface area contributed by atoms with E-state index < -0.39 is 0 Å². The van der Waals surface area contributed by atoms with Crippen LogP contribution in [0.15, 0.2) is 18.3 Å². The molecule has 3 heteroatoms. The number of pyridine rings is 1. The number of thioether (sulfide) groups is 1. The first-order chi connectivity index (χ1) is 9.36. The smallest absolute Gasteiger partial charge is 0.0605 e. The Balaban J connectivity index is 1.62. The maximum Gasteiger partial charge on any atom is 0.0605 e. The quantitative estimate of drug-likeness (QED) is 0.907. The molecule has 1 N–H and O–H groups in total. The molecular weight excluding hydrogens is 252 g/mol. The summed E-state index contributed by atoms with van der Waals surface area (Å²) < 4.78 is 0. The molecule has 0 aromatic carbocycles. The third-order valence-corrected chi connectivity index (χ3v) is 5.65. The molecule has 1 aromatic heterocycles. The summed E-state index contributed by atoms with van der Waals surface area (Å²) in [5.41, 5.74) is 2.78. The van der Waals surface area contributed by atoms with Crippen LogP contribution in [0.25, 0.3) is 0 Å². The average molecular weight is 276 g/mol. The van der Waals surface area contributed by atoms with Crippen molar-refractivity contribution in [3.05, 3.63) is 29.6 Å². The van der Waals surface area contributed by atoms with Crippen molar-refractivity contribution in [3.63, 3.8) is 0 Å². The standard InChI is InChI=1S/C16H24N2S/c1-2-19-14-9-8-13(11-14)18-15-7-3-5-12-6-4-10-17-16(12)15/h4,6,10,13-15,18H,2-3,5,7-9,11H2,1H3. The largest absolute Gasteiger partial charge is 0.306 e. The Morgan fingerprint density at radius 1 is 1.37 bits per heavy atom. The van der Waals surface area contributed by atoms with Gasteiger partial charge in [0.25, 0.3) is 0 Å². The van der Waals surface area contributed by atoms with Crippen molar-refractivity contribution in [1.82, 2.24) is 10.3 Å². The van der Waals surface area contributed by atoms with Crippen LogP contribution in [0.2, 0.25) is 0 Å². The van der Waals surface area contributed by atoms with E-state index in [2.05, 4.69) is 41.1 Å². The van der Waals surface area contributed by atoms with Gasteiger partial charge < -0.3 is 5.32 Å². The van der Waals surface area contributed by atoms with E-state index in [0.29, 0.717) is 12.1 Å². The van der Waals surface area contributed by atoms with Crippen molar-refractivity contribution in [2.45, 2.75) is 62.8 Å². The van der Waals surface area contributed by atoms with Crippen molar-refractivity contribution in [2.75, 3.05) is 5.75 Å². The third kappa shape index (κ3) is 3.14.